The Kier molecular flexibility index (Phi) is 5.12. The molecular formula is C14H20N2O2S2. The van der Waals surface area contributed by atoms with Crippen molar-refractivity contribution in [3.8, 4) is 0 Å². The van der Waals surface area contributed by atoms with E-state index < -0.39 is 10.0 Å². The minimum absolute atomic E-state index is 0.176. The van der Waals surface area contributed by atoms with Gasteiger partial charge in [-0.1, -0.05) is 11.6 Å². The van der Waals surface area contributed by atoms with Crippen LogP contribution in [0.3, 0.4) is 0 Å². The molecule has 2 N–H and O–H groups in total. The molecule has 0 saturated heterocycles. The second-order valence-electron chi connectivity index (χ2n) is 4.89. The van der Waals surface area contributed by atoms with Crippen LogP contribution in [0.2, 0.25) is 0 Å². The van der Waals surface area contributed by atoms with Gasteiger partial charge in [0, 0.05) is 29.4 Å². The Hall–Kier alpha value is -0.980. The Labute approximate surface area is 125 Å². The van der Waals surface area contributed by atoms with Crippen molar-refractivity contribution in [1.29, 1.82) is 0 Å². The van der Waals surface area contributed by atoms with E-state index in [1.165, 1.54) is 5.57 Å². The summed E-state index contributed by atoms with van der Waals surface area (Å²) in [5.74, 6) is 0.736. The molecular weight excluding hydrogens is 292 g/mol. The molecule has 1 aromatic carbocycles. The molecule has 0 fully saturated rings. The molecule has 1 aromatic rings. The highest BCUT2D eigenvalue weighted by Gasteiger charge is 2.22. The average molecular weight is 312 g/mol. The van der Waals surface area contributed by atoms with Gasteiger partial charge in [0.25, 0.3) is 0 Å². The number of nitrogens with zero attached hydrogens (tertiary/aromatic N) is 1. The Morgan fingerprint density at radius 3 is 2.60 bits per heavy atom. The maximum Gasteiger partial charge on any atom is 0.215 e. The standard InChI is InChI=1S/C14H20N2O2S2/c1-12-6-8-16(9-7-12)20(17,18)11-10-19-14-4-2-13(15)3-5-14/h2-6H,7-11,15H2,1H3. The number of thioether (sulfide) groups is 1. The number of hydrogen-bond acceptors (Lipinski definition) is 4. The summed E-state index contributed by atoms with van der Waals surface area (Å²) < 4.78 is 26.0. The van der Waals surface area contributed by atoms with Gasteiger partial charge in [-0.15, -0.1) is 11.8 Å². The van der Waals surface area contributed by atoms with Crippen molar-refractivity contribution in [2.45, 2.75) is 18.2 Å². The summed E-state index contributed by atoms with van der Waals surface area (Å²) in [4.78, 5) is 1.05. The molecule has 0 amide bonds. The molecule has 0 spiro atoms. The third kappa shape index (κ3) is 4.26. The fraction of sp³-hybridized carbons (Fsp3) is 0.429. The van der Waals surface area contributed by atoms with Gasteiger partial charge >= 0.3 is 0 Å². The number of sulfonamides is 1. The summed E-state index contributed by atoms with van der Waals surface area (Å²) >= 11 is 1.54. The third-order valence-electron chi connectivity index (χ3n) is 3.28. The molecule has 6 heteroatoms. The van der Waals surface area contributed by atoms with Crippen LogP contribution in [-0.4, -0.2) is 37.3 Å². The first-order valence-electron chi connectivity index (χ1n) is 6.59. The zero-order chi connectivity index (χ0) is 14.6. The van der Waals surface area contributed by atoms with Crippen LogP contribution in [0.25, 0.3) is 0 Å². The number of anilines is 1. The van der Waals surface area contributed by atoms with E-state index in [0.29, 0.717) is 18.8 Å². The van der Waals surface area contributed by atoms with Crippen LogP contribution in [0.1, 0.15) is 13.3 Å². The fourth-order valence-electron chi connectivity index (χ4n) is 1.96. The van der Waals surface area contributed by atoms with Gasteiger partial charge in [-0.2, -0.15) is 4.31 Å². The highest BCUT2D eigenvalue weighted by Crippen LogP contribution is 2.20. The fourth-order valence-corrected chi connectivity index (χ4v) is 4.63. The molecule has 0 radical (unpaired) electrons. The van der Waals surface area contributed by atoms with Crippen LogP contribution in [0, 0.1) is 0 Å². The van der Waals surface area contributed by atoms with Crippen LogP contribution in [-0.2, 0) is 10.0 Å². The molecule has 0 atom stereocenters. The number of nitrogen functional groups attached to an aromatic ring is 1. The lowest BCUT2D eigenvalue weighted by Crippen LogP contribution is -2.36. The van der Waals surface area contributed by atoms with Crippen molar-refractivity contribution in [2.24, 2.45) is 0 Å². The molecule has 1 aliphatic rings. The van der Waals surface area contributed by atoms with Crippen LogP contribution in [0.5, 0.6) is 0 Å². The number of nitrogens with two attached hydrogens (primary N) is 1. The molecule has 0 aromatic heterocycles. The molecule has 110 valence electrons. The summed E-state index contributed by atoms with van der Waals surface area (Å²) in [5, 5.41) is 0. The molecule has 0 bridgehead atoms. The predicted octanol–water partition coefficient (Wildman–Crippen LogP) is 2.34. The van der Waals surface area contributed by atoms with Crippen molar-refractivity contribution in [3.63, 3.8) is 0 Å². The smallest absolute Gasteiger partial charge is 0.215 e. The van der Waals surface area contributed by atoms with Crippen LogP contribution in [0.4, 0.5) is 5.69 Å². The Morgan fingerprint density at radius 2 is 2.00 bits per heavy atom. The van der Waals surface area contributed by atoms with Gasteiger partial charge in [0.1, 0.15) is 0 Å². The van der Waals surface area contributed by atoms with Crippen molar-refractivity contribution in [3.05, 3.63) is 35.9 Å². The maximum absolute atomic E-state index is 12.2. The van der Waals surface area contributed by atoms with E-state index in [-0.39, 0.29) is 5.75 Å². The zero-order valence-electron chi connectivity index (χ0n) is 11.6. The monoisotopic (exact) mass is 312 g/mol. The number of hydrogen-bond donors (Lipinski definition) is 1. The highest BCUT2D eigenvalue weighted by atomic mass is 32.2. The molecule has 0 aliphatic carbocycles. The zero-order valence-corrected chi connectivity index (χ0v) is 13.2. The molecule has 20 heavy (non-hydrogen) atoms. The maximum atomic E-state index is 12.2. The minimum atomic E-state index is -3.14. The first-order valence-corrected chi connectivity index (χ1v) is 9.19. The second-order valence-corrected chi connectivity index (χ2v) is 8.15. The Balaban J connectivity index is 1.85. The Bertz CT molecular complexity index is 580. The molecule has 0 saturated carbocycles. The summed E-state index contributed by atoms with van der Waals surface area (Å²) in [7, 11) is -3.14. The molecule has 1 heterocycles. The van der Waals surface area contributed by atoms with Crippen molar-refractivity contribution in [2.75, 3.05) is 30.3 Å². The van der Waals surface area contributed by atoms with E-state index in [0.717, 1.165) is 17.0 Å². The van der Waals surface area contributed by atoms with E-state index in [1.54, 1.807) is 16.1 Å². The second kappa shape index (κ2) is 6.65. The predicted molar refractivity (Wildman–Crippen MR) is 85.3 cm³/mol. The van der Waals surface area contributed by atoms with Crippen molar-refractivity contribution >= 4 is 27.5 Å². The lowest BCUT2D eigenvalue weighted by Gasteiger charge is -2.24. The van der Waals surface area contributed by atoms with Crippen LogP contribution in [0.15, 0.2) is 40.8 Å². The lowest BCUT2D eigenvalue weighted by molar-refractivity contribution is 0.432. The van der Waals surface area contributed by atoms with E-state index in [4.69, 9.17) is 5.73 Å². The van der Waals surface area contributed by atoms with E-state index in [2.05, 4.69) is 0 Å². The van der Waals surface area contributed by atoms with Gasteiger partial charge in [0.05, 0.1) is 5.75 Å². The quantitative estimate of drug-likeness (QED) is 0.515. The van der Waals surface area contributed by atoms with Gasteiger partial charge in [-0.3, -0.25) is 0 Å². The SMILES string of the molecule is CC1=CCN(S(=O)(=O)CCSc2ccc(N)cc2)CC1. The number of benzene rings is 1. The topological polar surface area (TPSA) is 63.4 Å². The summed E-state index contributed by atoms with van der Waals surface area (Å²) in [5.41, 5.74) is 7.61. The minimum Gasteiger partial charge on any atom is -0.399 e. The third-order valence-corrected chi connectivity index (χ3v) is 6.39. The van der Waals surface area contributed by atoms with E-state index in [1.807, 2.05) is 37.3 Å². The molecule has 2 rings (SSSR count). The Morgan fingerprint density at radius 1 is 1.30 bits per heavy atom. The van der Waals surface area contributed by atoms with Crippen molar-refractivity contribution < 1.29 is 8.42 Å². The van der Waals surface area contributed by atoms with Gasteiger partial charge in [-0.25, -0.2) is 8.42 Å². The summed E-state index contributed by atoms with van der Waals surface area (Å²) in [6.45, 7) is 3.17. The van der Waals surface area contributed by atoms with E-state index in [9.17, 15) is 8.42 Å². The van der Waals surface area contributed by atoms with Gasteiger partial charge in [0.15, 0.2) is 0 Å². The molecule has 4 nitrogen and oxygen atoms in total. The van der Waals surface area contributed by atoms with Crippen LogP contribution >= 0.6 is 11.8 Å². The van der Waals surface area contributed by atoms with Gasteiger partial charge in [-0.05, 0) is 37.6 Å². The molecule has 0 unspecified atom stereocenters. The largest absolute Gasteiger partial charge is 0.399 e. The van der Waals surface area contributed by atoms with E-state index >= 15 is 0 Å². The summed E-state index contributed by atoms with van der Waals surface area (Å²) in [6.07, 6.45) is 2.83. The van der Waals surface area contributed by atoms with Gasteiger partial charge < -0.3 is 5.73 Å². The average Bonchev–Trinajstić information content (AvgIpc) is 2.41. The highest BCUT2D eigenvalue weighted by molar-refractivity contribution is 8.00. The lowest BCUT2D eigenvalue weighted by atomic mass is 10.1. The number of rotatable bonds is 5. The first-order chi connectivity index (χ1) is 9.47. The molecule has 1 aliphatic heterocycles. The van der Waals surface area contributed by atoms with Gasteiger partial charge in [0.2, 0.25) is 10.0 Å². The normalized spacial score (nSPS) is 16.9. The van der Waals surface area contributed by atoms with Crippen LogP contribution < -0.4 is 5.73 Å². The first kappa shape index (κ1) is 15.4. The van der Waals surface area contributed by atoms with Crippen molar-refractivity contribution in [1.82, 2.24) is 4.31 Å². The summed E-state index contributed by atoms with van der Waals surface area (Å²) in [6, 6.07) is 7.49.